The molecule has 3 nitrogen and oxygen atoms in total. The Kier molecular flexibility index (Phi) is 5.70. The van der Waals surface area contributed by atoms with Crippen molar-refractivity contribution < 1.29 is 4.79 Å². The predicted octanol–water partition coefficient (Wildman–Crippen LogP) is 1.99. The monoisotopic (exact) mass is 234 g/mol. The molecule has 1 amide bonds. The topological polar surface area (TPSA) is 55.1 Å². The van der Waals surface area contributed by atoms with Crippen molar-refractivity contribution in [2.24, 2.45) is 5.73 Å². The van der Waals surface area contributed by atoms with Gasteiger partial charge in [0.15, 0.2) is 0 Å². The second-order valence-corrected chi connectivity index (χ2v) is 4.24. The molecule has 0 radical (unpaired) electrons. The van der Waals surface area contributed by atoms with Crippen LogP contribution in [0.5, 0.6) is 0 Å². The molecule has 0 spiro atoms. The molecule has 1 atom stereocenters. The van der Waals surface area contributed by atoms with E-state index in [1.54, 1.807) is 0 Å². The van der Waals surface area contributed by atoms with Gasteiger partial charge in [0.2, 0.25) is 5.91 Å². The maximum atomic E-state index is 11.7. The van der Waals surface area contributed by atoms with Crippen molar-refractivity contribution in [1.82, 2.24) is 5.32 Å². The van der Waals surface area contributed by atoms with Crippen LogP contribution in [-0.4, -0.2) is 11.9 Å². The summed E-state index contributed by atoms with van der Waals surface area (Å²) in [5, 5.41) is 2.89. The predicted molar refractivity (Wildman–Crippen MR) is 70.6 cm³/mol. The second-order valence-electron chi connectivity index (χ2n) is 4.24. The second kappa shape index (κ2) is 7.07. The Morgan fingerprint density at radius 1 is 1.29 bits per heavy atom. The number of amides is 1. The molecular formula is C14H22N2O. The molecule has 94 valence electrons. The van der Waals surface area contributed by atoms with E-state index in [9.17, 15) is 4.79 Å². The van der Waals surface area contributed by atoms with E-state index in [4.69, 9.17) is 5.73 Å². The van der Waals surface area contributed by atoms with Gasteiger partial charge in [0.05, 0.1) is 6.04 Å². The molecule has 3 heteroatoms. The van der Waals surface area contributed by atoms with Crippen molar-refractivity contribution in [1.29, 1.82) is 0 Å². The molecule has 0 fully saturated rings. The Bertz CT molecular complexity index is 363. The van der Waals surface area contributed by atoms with Crippen LogP contribution in [0.15, 0.2) is 24.3 Å². The molecule has 0 unspecified atom stereocenters. The van der Waals surface area contributed by atoms with E-state index in [0.29, 0.717) is 6.54 Å². The Morgan fingerprint density at radius 3 is 2.53 bits per heavy atom. The first-order valence-electron chi connectivity index (χ1n) is 6.29. The number of hydrogen-bond acceptors (Lipinski definition) is 2. The van der Waals surface area contributed by atoms with Crippen LogP contribution in [0.2, 0.25) is 0 Å². The van der Waals surface area contributed by atoms with Crippen molar-refractivity contribution in [3.63, 3.8) is 0 Å². The minimum absolute atomic E-state index is 0.0576. The third kappa shape index (κ3) is 4.19. The third-order valence-corrected chi connectivity index (χ3v) is 2.89. The number of rotatable bonds is 6. The summed E-state index contributed by atoms with van der Waals surface area (Å²) in [5.74, 6) is -0.0576. The molecule has 0 aromatic heterocycles. The van der Waals surface area contributed by atoms with Gasteiger partial charge in [-0.2, -0.15) is 0 Å². The van der Waals surface area contributed by atoms with Gasteiger partial charge in [-0.3, -0.25) is 4.79 Å². The average molecular weight is 234 g/mol. The van der Waals surface area contributed by atoms with Gasteiger partial charge in [0.25, 0.3) is 0 Å². The largest absolute Gasteiger partial charge is 0.351 e. The highest BCUT2D eigenvalue weighted by atomic mass is 16.2. The van der Waals surface area contributed by atoms with Crippen molar-refractivity contribution in [3.8, 4) is 0 Å². The summed E-state index contributed by atoms with van der Waals surface area (Å²) in [7, 11) is 0. The van der Waals surface area contributed by atoms with Crippen LogP contribution in [0.3, 0.4) is 0 Å². The molecule has 0 aliphatic rings. The Labute approximate surface area is 103 Å². The summed E-state index contributed by atoms with van der Waals surface area (Å²) >= 11 is 0. The summed E-state index contributed by atoms with van der Waals surface area (Å²) in [6.07, 6.45) is 2.65. The van der Waals surface area contributed by atoms with E-state index in [-0.39, 0.29) is 11.9 Å². The van der Waals surface area contributed by atoms with Crippen molar-refractivity contribution >= 4 is 5.91 Å². The summed E-state index contributed by atoms with van der Waals surface area (Å²) in [4.78, 5) is 11.7. The minimum atomic E-state index is -0.381. The number of carbonyl (C=O) groups excluding carboxylic acids is 1. The number of nitrogens with one attached hydrogen (secondary N) is 1. The molecule has 0 saturated carbocycles. The SMILES string of the molecule is CCC[C@@H](N)C(=O)NCc1ccccc1CC. The highest BCUT2D eigenvalue weighted by Crippen LogP contribution is 2.09. The van der Waals surface area contributed by atoms with E-state index in [1.165, 1.54) is 11.1 Å². The molecule has 1 rings (SSSR count). The lowest BCUT2D eigenvalue weighted by Gasteiger charge is -2.13. The van der Waals surface area contributed by atoms with E-state index < -0.39 is 0 Å². The Morgan fingerprint density at radius 2 is 1.94 bits per heavy atom. The standard InChI is InChI=1S/C14H22N2O/c1-3-7-13(15)14(17)16-10-12-9-6-5-8-11(12)4-2/h5-6,8-9,13H,3-4,7,10,15H2,1-2H3,(H,16,17)/t13-/m1/s1. The van der Waals surface area contributed by atoms with Crippen LogP contribution in [0.1, 0.15) is 37.8 Å². The average Bonchev–Trinajstić information content (AvgIpc) is 2.36. The first-order valence-corrected chi connectivity index (χ1v) is 6.29. The van der Waals surface area contributed by atoms with Crippen LogP contribution < -0.4 is 11.1 Å². The Balaban J connectivity index is 2.52. The van der Waals surface area contributed by atoms with Gasteiger partial charge in [0.1, 0.15) is 0 Å². The van der Waals surface area contributed by atoms with Gasteiger partial charge in [0, 0.05) is 6.54 Å². The highest BCUT2D eigenvalue weighted by Gasteiger charge is 2.11. The first kappa shape index (κ1) is 13.7. The van der Waals surface area contributed by atoms with Gasteiger partial charge in [-0.25, -0.2) is 0 Å². The lowest BCUT2D eigenvalue weighted by atomic mass is 10.1. The Hall–Kier alpha value is -1.35. The van der Waals surface area contributed by atoms with Crippen LogP contribution >= 0.6 is 0 Å². The number of nitrogens with two attached hydrogens (primary N) is 1. The van der Waals surface area contributed by atoms with Crippen molar-refractivity contribution in [2.45, 2.75) is 45.7 Å². The highest BCUT2D eigenvalue weighted by molar-refractivity contribution is 5.81. The summed E-state index contributed by atoms with van der Waals surface area (Å²) in [5.41, 5.74) is 8.20. The smallest absolute Gasteiger partial charge is 0.237 e. The fourth-order valence-electron chi connectivity index (χ4n) is 1.83. The van der Waals surface area contributed by atoms with E-state index in [0.717, 1.165) is 19.3 Å². The third-order valence-electron chi connectivity index (χ3n) is 2.89. The molecule has 0 saturated heterocycles. The van der Waals surface area contributed by atoms with Crippen molar-refractivity contribution in [2.75, 3.05) is 0 Å². The summed E-state index contributed by atoms with van der Waals surface area (Å²) in [6.45, 7) is 4.71. The van der Waals surface area contributed by atoms with Gasteiger partial charge in [-0.15, -0.1) is 0 Å². The van der Waals surface area contributed by atoms with Crippen LogP contribution in [0.4, 0.5) is 0 Å². The molecule has 3 N–H and O–H groups in total. The number of aryl methyl sites for hydroxylation is 1. The van der Waals surface area contributed by atoms with E-state index >= 15 is 0 Å². The summed E-state index contributed by atoms with van der Waals surface area (Å²) in [6, 6.07) is 7.77. The minimum Gasteiger partial charge on any atom is -0.351 e. The molecular weight excluding hydrogens is 212 g/mol. The number of benzene rings is 1. The van der Waals surface area contributed by atoms with Crippen LogP contribution in [0, 0.1) is 0 Å². The number of hydrogen-bond donors (Lipinski definition) is 2. The normalized spacial score (nSPS) is 12.2. The molecule has 1 aromatic rings. The molecule has 0 aliphatic heterocycles. The lowest BCUT2D eigenvalue weighted by molar-refractivity contribution is -0.122. The molecule has 0 aliphatic carbocycles. The molecule has 17 heavy (non-hydrogen) atoms. The molecule has 0 heterocycles. The maximum absolute atomic E-state index is 11.7. The van der Waals surface area contributed by atoms with Crippen molar-refractivity contribution in [3.05, 3.63) is 35.4 Å². The lowest BCUT2D eigenvalue weighted by Crippen LogP contribution is -2.40. The maximum Gasteiger partial charge on any atom is 0.237 e. The number of carbonyl (C=O) groups is 1. The quantitative estimate of drug-likeness (QED) is 0.791. The molecule has 1 aromatic carbocycles. The first-order chi connectivity index (χ1) is 8.19. The zero-order valence-corrected chi connectivity index (χ0v) is 10.7. The van der Waals surface area contributed by atoms with Crippen LogP contribution in [-0.2, 0) is 17.8 Å². The van der Waals surface area contributed by atoms with Crippen LogP contribution in [0.25, 0.3) is 0 Å². The summed E-state index contributed by atoms with van der Waals surface area (Å²) < 4.78 is 0. The zero-order chi connectivity index (χ0) is 12.7. The van der Waals surface area contributed by atoms with Gasteiger partial charge in [-0.05, 0) is 24.0 Å². The molecule has 0 bridgehead atoms. The fraction of sp³-hybridized carbons (Fsp3) is 0.500. The van der Waals surface area contributed by atoms with Gasteiger partial charge < -0.3 is 11.1 Å². The zero-order valence-electron chi connectivity index (χ0n) is 10.7. The fourth-order valence-corrected chi connectivity index (χ4v) is 1.83. The van der Waals surface area contributed by atoms with Gasteiger partial charge in [-0.1, -0.05) is 44.5 Å². The van der Waals surface area contributed by atoms with E-state index in [2.05, 4.69) is 18.3 Å². The van der Waals surface area contributed by atoms with E-state index in [1.807, 2.05) is 25.1 Å². The van der Waals surface area contributed by atoms with Gasteiger partial charge >= 0.3 is 0 Å².